The Balaban J connectivity index is 2.42. The maximum Gasteiger partial charge on any atom is 0.247 e. The number of hydrogen-bond donors (Lipinski definition) is 0. The Bertz CT molecular complexity index is 718. The molecule has 0 aliphatic carbocycles. The van der Waals surface area contributed by atoms with Crippen LogP contribution >= 0.6 is 11.6 Å². The van der Waals surface area contributed by atoms with Crippen molar-refractivity contribution in [2.24, 2.45) is 0 Å². The first-order valence-corrected chi connectivity index (χ1v) is 8.17. The molecule has 2 rings (SSSR count). The molecule has 0 spiro atoms. The van der Waals surface area contributed by atoms with Gasteiger partial charge in [-0.25, -0.2) is 28.4 Å². The van der Waals surface area contributed by atoms with Gasteiger partial charge in [0.1, 0.15) is 10.7 Å². The number of nitrogens with zero attached hydrogens (tertiary/aromatic N) is 4. The standard InChI is InChI=1S/C13H15ClN4O2S/c1-9-7-17-11(18-8-9)13(3,14)10(2)21(19,20)12-15-5-4-6-16-12/h4-8,10H,1-3H3. The topological polar surface area (TPSA) is 85.7 Å². The molecule has 0 aliphatic rings. The molecule has 0 N–H and O–H groups in total. The zero-order valence-corrected chi connectivity index (χ0v) is 13.4. The SMILES string of the molecule is Cc1cnc(C(C)(Cl)C(C)S(=O)(=O)c2ncccn2)nc1. The number of sulfone groups is 1. The minimum atomic E-state index is -3.79. The molecule has 112 valence electrons. The number of aromatic nitrogens is 4. The summed E-state index contributed by atoms with van der Waals surface area (Å²) < 4.78 is 25.1. The zero-order valence-electron chi connectivity index (χ0n) is 11.9. The Hall–Kier alpha value is -1.60. The zero-order chi connectivity index (χ0) is 15.7. The molecule has 0 aromatic carbocycles. The van der Waals surface area contributed by atoms with E-state index in [2.05, 4.69) is 19.9 Å². The van der Waals surface area contributed by atoms with Gasteiger partial charge in [0.25, 0.3) is 0 Å². The maximum absolute atomic E-state index is 12.6. The van der Waals surface area contributed by atoms with Gasteiger partial charge >= 0.3 is 0 Å². The molecular weight excluding hydrogens is 312 g/mol. The fourth-order valence-corrected chi connectivity index (χ4v) is 3.58. The Kier molecular flexibility index (Phi) is 4.25. The van der Waals surface area contributed by atoms with Crippen LogP contribution in [0.15, 0.2) is 36.0 Å². The minimum absolute atomic E-state index is 0.252. The molecule has 2 aromatic heterocycles. The minimum Gasteiger partial charge on any atom is -0.239 e. The lowest BCUT2D eigenvalue weighted by atomic mass is 10.1. The predicted octanol–water partition coefficient (Wildman–Crippen LogP) is 1.89. The van der Waals surface area contributed by atoms with E-state index in [0.717, 1.165) is 5.56 Å². The fraction of sp³-hybridized carbons (Fsp3) is 0.385. The molecule has 2 heterocycles. The predicted molar refractivity (Wildman–Crippen MR) is 78.7 cm³/mol. The van der Waals surface area contributed by atoms with Crippen LogP contribution in [0.1, 0.15) is 25.2 Å². The van der Waals surface area contributed by atoms with E-state index in [4.69, 9.17) is 11.6 Å². The summed E-state index contributed by atoms with van der Waals surface area (Å²) in [7, 11) is -3.79. The molecule has 2 aromatic rings. The van der Waals surface area contributed by atoms with Crippen LogP contribution < -0.4 is 0 Å². The monoisotopic (exact) mass is 326 g/mol. The van der Waals surface area contributed by atoms with E-state index >= 15 is 0 Å². The van der Waals surface area contributed by atoms with Crippen molar-refractivity contribution < 1.29 is 8.42 Å². The van der Waals surface area contributed by atoms with E-state index in [0.29, 0.717) is 0 Å². The summed E-state index contributed by atoms with van der Waals surface area (Å²) in [4.78, 5) is 14.6. The number of alkyl halides is 1. The summed E-state index contributed by atoms with van der Waals surface area (Å²) in [6.45, 7) is 4.92. The van der Waals surface area contributed by atoms with E-state index < -0.39 is 20.0 Å². The lowest BCUT2D eigenvalue weighted by molar-refractivity contribution is 0.533. The fourth-order valence-electron chi connectivity index (χ4n) is 1.71. The van der Waals surface area contributed by atoms with Crippen LogP contribution in [0.2, 0.25) is 0 Å². The van der Waals surface area contributed by atoms with Gasteiger partial charge in [0.15, 0.2) is 0 Å². The van der Waals surface area contributed by atoms with Gasteiger partial charge in [-0.05, 0) is 32.4 Å². The summed E-state index contributed by atoms with van der Waals surface area (Å²) >= 11 is 6.44. The van der Waals surface area contributed by atoms with Gasteiger partial charge in [0.05, 0.1) is 5.25 Å². The van der Waals surface area contributed by atoms with E-state index in [-0.39, 0.29) is 11.0 Å². The molecule has 2 unspecified atom stereocenters. The maximum atomic E-state index is 12.6. The average molecular weight is 327 g/mol. The number of hydrogen-bond acceptors (Lipinski definition) is 6. The highest BCUT2D eigenvalue weighted by atomic mass is 35.5. The molecule has 0 aliphatic heterocycles. The van der Waals surface area contributed by atoms with Crippen molar-refractivity contribution in [1.82, 2.24) is 19.9 Å². The second-order valence-corrected chi connectivity index (χ2v) is 7.83. The lowest BCUT2D eigenvalue weighted by Crippen LogP contribution is -2.38. The van der Waals surface area contributed by atoms with Gasteiger partial charge in [-0.1, -0.05) is 0 Å². The van der Waals surface area contributed by atoms with Crippen LogP contribution in [0.25, 0.3) is 0 Å². The first kappa shape index (κ1) is 15.8. The normalized spacial score (nSPS) is 16.2. The molecular formula is C13H15ClN4O2S. The molecule has 0 radical (unpaired) electrons. The molecule has 0 bridgehead atoms. The van der Waals surface area contributed by atoms with E-state index in [1.54, 1.807) is 25.4 Å². The molecule has 0 saturated carbocycles. The second-order valence-electron chi connectivity index (χ2n) is 4.88. The van der Waals surface area contributed by atoms with E-state index in [1.165, 1.54) is 19.3 Å². The van der Waals surface area contributed by atoms with Gasteiger partial charge in [-0.2, -0.15) is 0 Å². The smallest absolute Gasteiger partial charge is 0.239 e. The quantitative estimate of drug-likeness (QED) is 0.630. The highest BCUT2D eigenvalue weighted by Crippen LogP contribution is 2.35. The summed E-state index contributed by atoms with van der Waals surface area (Å²) in [6, 6.07) is 1.55. The van der Waals surface area contributed by atoms with Crippen LogP contribution in [0, 0.1) is 6.92 Å². The Morgan fingerprint density at radius 1 is 1.14 bits per heavy atom. The van der Waals surface area contributed by atoms with Crippen molar-refractivity contribution in [3.05, 3.63) is 42.2 Å². The van der Waals surface area contributed by atoms with E-state index in [1.807, 2.05) is 6.92 Å². The number of rotatable bonds is 4. The van der Waals surface area contributed by atoms with Crippen molar-refractivity contribution in [2.75, 3.05) is 0 Å². The first-order chi connectivity index (χ1) is 9.76. The highest BCUT2D eigenvalue weighted by Gasteiger charge is 2.43. The Morgan fingerprint density at radius 3 is 2.19 bits per heavy atom. The van der Waals surface area contributed by atoms with Crippen LogP contribution in [0.4, 0.5) is 0 Å². The molecule has 0 saturated heterocycles. The summed E-state index contributed by atoms with van der Waals surface area (Å²) in [5.74, 6) is 0.252. The number of aryl methyl sites for hydroxylation is 1. The van der Waals surface area contributed by atoms with Gasteiger partial charge < -0.3 is 0 Å². The molecule has 21 heavy (non-hydrogen) atoms. The van der Waals surface area contributed by atoms with Crippen molar-refractivity contribution in [1.29, 1.82) is 0 Å². The van der Waals surface area contributed by atoms with Gasteiger partial charge in [0.2, 0.25) is 15.0 Å². The second kappa shape index (κ2) is 5.65. The molecule has 2 atom stereocenters. The van der Waals surface area contributed by atoms with Crippen LogP contribution in [-0.4, -0.2) is 33.6 Å². The van der Waals surface area contributed by atoms with Crippen LogP contribution in [0.3, 0.4) is 0 Å². The average Bonchev–Trinajstić information content (AvgIpc) is 2.47. The summed E-state index contributed by atoms with van der Waals surface area (Å²) in [6.07, 6.45) is 5.95. The van der Waals surface area contributed by atoms with Gasteiger partial charge in [-0.3, -0.25) is 0 Å². The third kappa shape index (κ3) is 3.03. The van der Waals surface area contributed by atoms with E-state index in [9.17, 15) is 8.42 Å². The lowest BCUT2D eigenvalue weighted by Gasteiger charge is -2.26. The van der Waals surface area contributed by atoms with Crippen molar-refractivity contribution in [3.63, 3.8) is 0 Å². The third-order valence-corrected chi connectivity index (χ3v) is 5.99. The summed E-state index contributed by atoms with van der Waals surface area (Å²) in [5.41, 5.74) is 0.869. The first-order valence-electron chi connectivity index (χ1n) is 6.25. The van der Waals surface area contributed by atoms with Crippen LogP contribution in [-0.2, 0) is 14.7 Å². The van der Waals surface area contributed by atoms with Gasteiger partial charge in [-0.15, -0.1) is 11.6 Å². The van der Waals surface area contributed by atoms with Crippen molar-refractivity contribution in [2.45, 2.75) is 36.1 Å². The molecule has 0 amide bonds. The molecule has 6 nitrogen and oxygen atoms in total. The van der Waals surface area contributed by atoms with Crippen LogP contribution in [0.5, 0.6) is 0 Å². The Morgan fingerprint density at radius 2 is 1.67 bits per heavy atom. The number of halogens is 1. The summed E-state index contributed by atoms with van der Waals surface area (Å²) in [5, 5.41) is -1.24. The Labute approximate surface area is 128 Å². The largest absolute Gasteiger partial charge is 0.247 e. The van der Waals surface area contributed by atoms with Gasteiger partial charge in [0, 0.05) is 24.8 Å². The highest BCUT2D eigenvalue weighted by molar-refractivity contribution is 7.92. The van der Waals surface area contributed by atoms with Crippen molar-refractivity contribution in [3.8, 4) is 0 Å². The van der Waals surface area contributed by atoms with Crippen molar-refractivity contribution >= 4 is 21.4 Å². The molecule has 0 fully saturated rings. The third-order valence-electron chi connectivity index (χ3n) is 3.24. The molecule has 8 heteroatoms.